The molecule has 0 bridgehead atoms. The molecular formula is C24H41IN6O. The summed E-state index contributed by atoms with van der Waals surface area (Å²) >= 11 is 0. The number of guanidine groups is 1. The third kappa shape index (κ3) is 8.10. The summed E-state index contributed by atoms with van der Waals surface area (Å²) in [6, 6.07) is 11.0. The topological polar surface area (TPSA) is 63.2 Å². The SMILES string of the molecule is CN=C(NCCCCN1CCN(c2ccccc2)CC1)NC1CCN(C(=O)C(C)C)C1.I. The van der Waals surface area contributed by atoms with Crippen LogP contribution in [0.5, 0.6) is 0 Å². The molecule has 1 atom stereocenters. The van der Waals surface area contributed by atoms with Gasteiger partial charge in [-0.3, -0.25) is 14.7 Å². The normalized spacial score (nSPS) is 19.8. The molecule has 1 aromatic carbocycles. The largest absolute Gasteiger partial charge is 0.369 e. The van der Waals surface area contributed by atoms with Gasteiger partial charge in [-0.05, 0) is 37.9 Å². The molecule has 2 heterocycles. The lowest BCUT2D eigenvalue weighted by atomic mass is 10.2. The molecule has 7 nitrogen and oxygen atoms in total. The van der Waals surface area contributed by atoms with Crippen molar-refractivity contribution in [2.45, 2.75) is 39.2 Å². The lowest BCUT2D eigenvalue weighted by Crippen LogP contribution is -2.47. The molecule has 3 rings (SSSR count). The molecular weight excluding hydrogens is 515 g/mol. The van der Waals surface area contributed by atoms with Crippen LogP contribution in [0.25, 0.3) is 0 Å². The quantitative estimate of drug-likeness (QED) is 0.223. The highest BCUT2D eigenvalue weighted by atomic mass is 127. The molecule has 0 aromatic heterocycles. The van der Waals surface area contributed by atoms with Crippen molar-refractivity contribution in [1.82, 2.24) is 20.4 Å². The predicted molar refractivity (Wildman–Crippen MR) is 144 cm³/mol. The summed E-state index contributed by atoms with van der Waals surface area (Å²) in [5.41, 5.74) is 1.34. The Morgan fingerprint density at radius 2 is 1.81 bits per heavy atom. The number of anilines is 1. The Bertz CT molecular complexity index is 706. The predicted octanol–water partition coefficient (Wildman–Crippen LogP) is 2.63. The number of benzene rings is 1. The van der Waals surface area contributed by atoms with Crippen LogP contribution in [0.1, 0.15) is 33.1 Å². The summed E-state index contributed by atoms with van der Waals surface area (Å²) in [7, 11) is 1.81. The van der Waals surface area contributed by atoms with Crippen molar-refractivity contribution in [2.75, 3.05) is 64.3 Å². The molecule has 2 N–H and O–H groups in total. The number of piperazine rings is 1. The Kier molecular flexibility index (Phi) is 11.6. The van der Waals surface area contributed by atoms with E-state index in [1.54, 1.807) is 0 Å². The van der Waals surface area contributed by atoms with Crippen LogP contribution >= 0.6 is 24.0 Å². The zero-order chi connectivity index (χ0) is 22.1. The van der Waals surface area contributed by atoms with E-state index < -0.39 is 0 Å². The second kappa shape index (κ2) is 13.9. The first kappa shape index (κ1) is 26.7. The van der Waals surface area contributed by atoms with Crippen molar-refractivity contribution in [1.29, 1.82) is 0 Å². The standard InChI is InChI=1S/C24H40N6O.HI/c1-20(2)23(31)30-14-11-21(19-30)27-24(25-3)26-12-7-8-13-28-15-17-29(18-16-28)22-9-5-4-6-10-22;/h4-6,9-10,20-21H,7-8,11-19H2,1-3H3,(H2,25,26,27);1H. The summed E-state index contributed by atoms with van der Waals surface area (Å²) in [6.45, 7) is 12.1. The number of carbonyl (C=O) groups excluding carboxylic acids is 1. The van der Waals surface area contributed by atoms with Crippen molar-refractivity contribution < 1.29 is 4.79 Å². The van der Waals surface area contributed by atoms with Gasteiger partial charge < -0.3 is 20.4 Å². The summed E-state index contributed by atoms with van der Waals surface area (Å²) in [6.07, 6.45) is 3.30. The molecule has 1 unspecified atom stereocenters. The molecule has 180 valence electrons. The minimum Gasteiger partial charge on any atom is -0.369 e. The Balaban J connectivity index is 0.00000363. The van der Waals surface area contributed by atoms with Crippen LogP contribution in [0.15, 0.2) is 35.3 Å². The minimum absolute atomic E-state index is 0. The van der Waals surface area contributed by atoms with Crippen molar-refractivity contribution in [3.05, 3.63) is 30.3 Å². The number of aliphatic imine (C=N–C) groups is 1. The van der Waals surface area contributed by atoms with E-state index in [0.29, 0.717) is 0 Å². The summed E-state index contributed by atoms with van der Waals surface area (Å²) in [4.78, 5) is 23.5. The van der Waals surface area contributed by atoms with E-state index in [9.17, 15) is 4.79 Å². The molecule has 0 saturated carbocycles. The fourth-order valence-electron chi connectivity index (χ4n) is 4.37. The number of nitrogens with one attached hydrogen (secondary N) is 2. The van der Waals surface area contributed by atoms with Gasteiger partial charge in [-0.25, -0.2) is 0 Å². The van der Waals surface area contributed by atoms with Crippen molar-refractivity contribution in [3.8, 4) is 0 Å². The molecule has 0 radical (unpaired) electrons. The third-order valence-corrected chi connectivity index (χ3v) is 6.25. The zero-order valence-corrected chi connectivity index (χ0v) is 22.3. The average molecular weight is 557 g/mol. The summed E-state index contributed by atoms with van der Waals surface area (Å²) in [5.74, 6) is 1.16. The lowest BCUT2D eigenvalue weighted by Gasteiger charge is -2.36. The van der Waals surface area contributed by atoms with Crippen molar-refractivity contribution >= 4 is 41.5 Å². The number of hydrogen-bond acceptors (Lipinski definition) is 4. The van der Waals surface area contributed by atoms with Gasteiger partial charge in [0.1, 0.15) is 0 Å². The van der Waals surface area contributed by atoms with E-state index >= 15 is 0 Å². The van der Waals surface area contributed by atoms with E-state index in [0.717, 1.165) is 71.2 Å². The first-order valence-electron chi connectivity index (χ1n) is 11.8. The van der Waals surface area contributed by atoms with E-state index in [1.165, 1.54) is 12.1 Å². The van der Waals surface area contributed by atoms with Crippen LogP contribution in [0, 0.1) is 5.92 Å². The second-order valence-corrected chi connectivity index (χ2v) is 8.94. The van der Waals surface area contributed by atoms with E-state index in [-0.39, 0.29) is 41.8 Å². The maximum Gasteiger partial charge on any atom is 0.225 e. The highest BCUT2D eigenvalue weighted by molar-refractivity contribution is 14.0. The Labute approximate surface area is 211 Å². The molecule has 1 amide bonds. The van der Waals surface area contributed by atoms with Crippen LogP contribution in [-0.4, -0.2) is 87.1 Å². The number of amides is 1. The van der Waals surface area contributed by atoms with Gasteiger partial charge in [0.05, 0.1) is 0 Å². The van der Waals surface area contributed by atoms with E-state index in [1.807, 2.05) is 25.8 Å². The van der Waals surface area contributed by atoms with Crippen LogP contribution in [0.3, 0.4) is 0 Å². The molecule has 8 heteroatoms. The molecule has 32 heavy (non-hydrogen) atoms. The molecule has 0 aliphatic carbocycles. The van der Waals surface area contributed by atoms with Gasteiger partial charge in [-0.2, -0.15) is 0 Å². The van der Waals surface area contributed by atoms with Gasteiger partial charge in [0.25, 0.3) is 0 Å². The smallest absolute Gasteiger partial charge is 0.225 e. The highest BCUT2D eigenvalue weighted by Crippen LogP contribution is 2.16. The highest BCUT2D eigenvalue weighted by Gasteiger charge is 2.27. The Morgan fingerprint density at radius 1 is 1.09 bits per heavy atom. The number of likely N-dealkylation sites (tertiary alicyclic amines) is 1. The summed E-state index contributed by atoms with van der Waals surface area (Å²) in [5, 5.41) is 6.92. The van der Waals surface area contributed by atoms with E-state index in [2.05, 4.69) is 55.8 Å². The fourth-order valence-corrected chi connectivity index (χ4v) is 4.37. The van der Waals surface area contributed by atoms with Gasteiger partial charge in [0, 0.05) is 70.5 Å². The lowest BCUT2D eigenvalue weighted by molar-refractivity contribution is -0.133. The second-order valence-electron chi connectivity index (χ2n) is 8.94. The number of para-hydroxylation sites is 1. The van der Waals surface area contributed by atoms with E-state index in [4.69, 9.17) is 0 Å². The average Bonchev–Trinajstić information content (AvgIpc) is 3.27. The van der Waals surface area contributed by atoms with Crippen molar-refractivity contribution in [2.24, 2.45) is 10.9 Å². The molecule has 2 aliphatic heterocycles. The number of unbranched alkanes of at least 4 members (excludes halogenated alkanes) is 1. The summed E-state index contributed by atoms with van der Waals surface area (Å²) < 4.78 is 0. The first-order chi connectivity index (χ1) is 15.1. The van der Waals surface area contributed by atoms with Gasteiger partial charge >= 0.3 is 0 Å². The minimum atomic E-state index is 0. The molecule has 0 spiro atoms. The third-order valence-electron chi connectivity index (χ3n) is 6.25. The number of nitrogens with zero attached hydrogens (tertiary/aromatic N) is 4. The number of hydrogen-bond donors (Lipinski definition) is 2. The van der Waals surface area contributed by atoms with Crippen LogP contribution in [-0.2, 0) is 4.79 Å². The van der Waals surface area contributed by atoms with Crippen LogP contribution in [0.2, 0.25) is 0 Å². The molecule has 2 fully saturated rings. The Hall–Kier alpha value is -1.55. The number of halogens is 1. The van der Waals surface area contributed by atoms with Gasteiger partial charge in [0.15, 0.2) is 5.96 Å². The molecule has 1 aromatic rings. The first-order valence-corrected chi connectivity index (χ1v) is 11.8. The van der Waals surface area contributed by atoms with Crippen LogP contribution < -0.4 is 15.5 Å². The number of rotatable bonds is 8. The van der Waals surface area contributed by atoms with Crippen molar-refractivity contribution in [3.63, 3.8) is 0 Å². The molecule has 2 aliphatic rings. The number of carbonyl (C=O) groups is 1. The Morgan fingerprint density at radius 3 is 2.47 bits per heavy atom. The van der Waals surface area contributed by atoms with Gasteiger partial charge in [-0.15, -0.1) is 24.0 Å². The fraction of sp³-hybridized carbons (Fsp3) is 0.667. The maximum absolute atomic E-state index is 12.2. The zero-order valence-electron chi connectivity index (χ0n) is 19.9. The maximum atomic E-state index is 12.2. The molecule has 2 saturated heterocycles. The monoisotopic (exact) mass is 556 g/mol. The van der Waals surface area contributed by atoms with Gasteiger partial charge in [-0.1, -0.05) is 32.0 Å². The van der Waals surface area contributed by atoms with Gasteiger partial charge in [0.2, 0.25) is 5.91 Å². The van der Waals surface area contributed by atoms with Crippen LogP contribution in [0.4, 0.5) is 5.69 Å².